The minimum atomic E-state index is -0.526. The van der Waals surface area contributed by atoms with Gasteiger partial charge in [-0.15, -0.1) is 0 Å². The number of cyclic esters (lactones) is 1. The lowest BCUT2D eigenvalue weighted by Gasteiger charge is -2.02. The molecule has 0 saturated carbocycles. The van der Waals surface area contributed by atoms with E-state index in [1.54, 1.807) is 43.5 Å². The Morgan fingerprint density at radius 3 is 2.52 bits per heavy atom. The molecule has 0 aromatic heterocycles. The highest BCUT2D eigenvalue weighted by Gasteiger charge is 2.25. The van der Waals surface area contributed by atoms with Gasteiger partial charge in [-0.05, 0) is 42.0 Å². The van der Waals surface area contributed by atoms with Gasteiger partial charge in [0.15, 0.2) is 5.70 Å². The number of aliphatic imine (C=N–C) groups is 1. The van der Waals surface area contributed by atoms with E-state index in [2.05, 4.69) is 4.99 Å². The summed E-state index contributed by atoms with van der Waals surface area (Å²) in [6, 6.07) is 12.1. The van der Waals surface area contributed by atoms with E-state index >= 15 is 0 Å². The molecule has 0 bridgehead atoms. The molecule has 116 valence electrons. The summed E-state index contributed by atoms with van der Waals surface area (Å²) in [6.45, 7) is 0. The van der Waals surface area contributed by atoms with Crippen LogP contribution in [0.15, 0.2) is 53.2 Å². The number of halogens is 2. The van der Waals surface area contributed by atoms with Gasteiger partial charge in [0.2, 0.25) is 5.90 Å². The number of methoxy groups -OCH3 is 1. The van der Waals surface area contributed by atoms with Crippen molar-refractivity contribution in [3.63, 3.8) is 0 Å². The minimum absolute atomic E-state index is 0.163. The molecule has 0 fully saturated rings. The Labute approximate surface area is 143 Å². The summed E-state index contributed by atoms with van der Waals surface area (Å²) in [6.07, 6.45) is 1.64. The van der Waals surface area contributed by atoms with E-state index in [0.717, 1.165) is 11.3 Å². The predicted octanol–water partition coefficient (Wildman–Crippen LogP) is 4.35. The third-order valence-corrected chi connectivity index (χ3v) is 3.75. The van der Waals surface area contributed by atoms with Gasteiger partial charge in [-0.3, -0.25) is 0 Å². The summed E-state index contributed by atoms with van der Waals surface area (Å²) in [7, 11) is 1.59. The number of ether oxygens (including phenoxy) is 2. The minimum Gasteiger partial charge on any atom is -0.497 e. The zero-order valence-electron chi connectivity index (χ0n) is 12.0. The van der Waals surface area contributed by atoms with Gasteiger partial charge in [-0.25, -0.2) is 9.79 Å². The Bertz CT molecular complexity index is 826. The van der Waals surface area contributed by atoms with E-state index in [9.17, 15) is 4.79 Å². The first-order valence-corrected chi connectivity index (χ1v) is 7.44. The molecule has 0 aliphatic carbocycles. The molecule has 0 saturated heterocycles. The third-order valence-electron chi connectivity index (χ3n) is 3.20. The Hall–Kier alpha value is -2.30. The molecule has 23 heavy (non-hydrogen) atoms. The molecular weight excluding hydrogens is 337 g/mol. The fourth-order valence-electron chi connectivity index (χ4n) is 2.05. The lowest BCUT2D eigenvalue weighted by molar-refractivity contribution is -0.129. The second-order valence-corrected chi connectivity index (χ2v) is 5.58. The van der Waals surface area contributed by atoms with Gasteiger partial charge in [-0.1, -0.05) is 35.3 Å². The van der Waals surface area contributed by atoms with Crippen molar-refractivity contribution in [3.05, 3.63) is 69.3 Å². The number of benzene rings is 2. The summed E-state index contributed by atoms with van der Waals surface area (Å²) in [5.41, 5.74) is 1.53. The van der Waals surface area contributed by atoms with Crippen LogP contribution in [0.2, 0.25) is 10.0 Å². The maximum absolute atomic E-state index is 12.0. The number of carbonyl (C=O) groups is 1. The molecule has 2 aromatic rings. The molecule has 1 aliphatic heterocycles. The monoisotopic (exact) mass is 347 g/mol. The van der Waals surface area contributed by atoms with Crippen molar-refractivity contribution in [3.8, 4) is 5.75 Å². The van der Waals surface area contributed by atoms with E-state index in [4.69, 9.17) is 32.7 Å². The molecule has 1 aliphatic rings. The second kappa shape index (κ2) is 6.44. The first-order valence-electron chi connectivity index (χ1n) is 6.69. The lowest BCUT2D eigenvalue weighted by Crippen LogP contribution is -2.05. The smallest absolute Gasteiger partial charge is 0.363 e. The summed E-state index contributed by atoms with van der Waals surface area (Å²) < 4.78 is 10.3. The first kappa shape index (κ1) is 15.6. The van der Waals surface area contributed by atoms with Crippen LogP contribution in [-0.2, 0) is 9.53 Å². The van der Waals surface area contributed by atoms with Gasteiger partial charge in [-0.2, -0.15) is 0 Å². The Morgan fingerprint density at radius 1 is 1.13 bits per heavy atom. The molecule has 0 N–H and O–H groups in total. The van der Waals surface area contributed by atoms with E-state index in [-0.39, 0.29) is 11.6 Å². The van der Waals surface area contributed by atoms with Gasteiger partial charge in [0.25, 0.3) is 0 Å². The van der Waals surface area contributed by atoms with Crippen molar-refractivity contribution in [2.75, 3.05) is 7.11 Å². The number of hydrogen-bond donors (Lipinski definition) is 0. The maximum atomic E-state index is 12.0. The van der Waals surface area contributed by atoms with Crippen LogP contribution in [0.1, 0.15) is 11.1 Å². The average molecular weight is 348 g/mol. The van der Waals surface area contributed by atoms with Crippen LogP contribution in [0, 0.1) is 0 Å². The van der Waals surface area contributed by atoms with E-state index in [1.807, 2.05) is 12.1 Å². The number of rotatable bonds is 3. The largest absolute Gasteiger partial charge is 0.497 e. The topological polar surface area (TPSA) is 47.9 Å². The quantitative estimate of drug-likeness (QED) is 0.612. The molecule has 0 radical (unpaired) electrons. The molecular formula is C17H11Cl2NO3. The molecule has 3 rings (SSSR count). The molecule has 0 atom stereocenters. The van der Waals surface area contributed by atoms with Crippen molar-refractivity contribution >= 4 is 41.1 Å². The highest BCUT2D eigenvalue weighted by molar-refractivity contribution is 6.37. The maximum Gasteiger partial charge on any atom is 0.363 e. The van der Waals surface area contributed by atoms with Crippen molar-refractivity contribution < 1.29 is 14.3 Å². The van der Waals surface area contributed by atoms with Gasteiger partial charge in [0, 0.05) is 5.02 Å². The van der Waals surface area contributed by atoms with E-state index < -0.39 is 5.97 Å². The molecule has 4 nitrogen and oxygen atoms in total. The Morgan fingerprint density at radius 2 is 1.87 bits per heavy atom. The van der Waals surface area contributed by atoms with E-state index in [1.165, 1.54) is 0 Å². The van der Waals surface area contributed by atoms with Crippen molar-refractivity contribution in [2.45, 2.75) is 0 Å². The van der Waals surface area contributed by atoms with Crippen LogP contribution in [0.3, 0.4) is 0 Å². The number of esters is 1. The van der Waals surface area contributed by atoms with Gasteiger partial charge in [0.1, 0.15) is 5.75 Å². The molecule has 6 heteroatoms. The fourth-order valence-corrected chi connectivity index (χ4v) is 2.53. The second-order valence-electron chi connectivity index (χ2n) is 4.73. The summed E-state index contributed by atoms with van der Waals surface area (Å²) >= 11 is 12.0. The zero-order valence-corrected chi connectivity index (χ0v) is 13.6. The normalized spacial score (nSPS) is 15.5. The predicted molar refractivity (Wildman–Crippen MR) is 90.1 cm³/mol. The summed E-state index contributed by atoms with van der Waals surface area (Å²) in [5.74, 6) is 0.372. The molecule has 0 amide bonds. The van der Waals surface area contributed by atoms with Crippen molar-refractivity contribution in [1.82, 2.24) is 0 Å². The standard InChI is InChI=1S/C17H11Cl2NO3/c1-22-12-5-2-10(3-6-12)8-15-17(21)23-16(20-15)13-7-4-11(18)9-14(13)19/h2-9H,1H3/b15-8+. The molecule has 2 aromatic carbocycles. The van der Waals surface area contributed by atoms with Crippen molar-refractivity contribution in [2.24, 2.45) is 4.99 Å². The first-order chi connectivity index (χ1) is 11.1. The number of carbonyl (C=O) groups excluding carboxylic acids is 1. The lowest BCUT2D eigenvalue weighted by atomic mass is 10.2. The Balaban J connectivity index is 1.92. The summed E-state index contributed by atoms with van der Waals surface area (Å²) in [5, 5.41) is 0.868. The van der Waals surface area contributed by atoms with Crippen LogP contribution in [0.4, 0.5) is 0 Å². The van der Waals surface area contributed by atoms with Crippen LogP contribution in [-0.4, -0.2) is 19.0 Å². The van der Waals surface area contributed by atoms with Gasteiger partial charge in [0.05, 0.1) is 17.7 Å². The Kier molecular flexibility index (Phi) is 4.37. The zero-order chi connectivity index (χ0) is 16.4. The van der Waals surface area contributed by atoms with Crippen LogP contribution in [0.5, 0.6) is 5.75 Å². The summed E-state index contributed by atoms with van der Waals surface area (Å²) in [4.78, 5) is 16.2. The highest BCUT2D eigenvalue weighted by atomic mass is 35.5. The van der Waals surface area contributed by atoms with Gasteiger partial charge >= 0.3 is 5.97 Å². The average Bonchev–Trinajstić information content (AvgIpc) is 2.88. The van der Waals surface area contributed by atoms with Crippen LogP contribution < -0.4 is 4.74 Å². The molecule has 1 heterocycles. The SMILES string of the molecule is COc1ccc(/C=C2/N=C(c3ccc(Cl)cc3Cl)OC2=O)cc1. The van der Waals surface area contributed by atoms with Crippen molar-refractivity contribution in [1.29, 1.82) is 0 Å². The van der Waals surface area contributed by atoms with Crippen LogP contribution in [0.25, 0.3) is 6.08 Å². The van der Waals surface area contributed by atoms with Gasteiger partial charge < -0.3 is 9.47 Å². The fraction of sp³-hybridized carbons (Fsp3) is 0.0588. The highest BCUT2D eigenvalue weighted by Crippen LogP contribution is 2.26. The number of nitrogens with zero attached hydrogens (tertiary/aromatic N) is 1. The third kappa shape index (κ3) is 3.38. The number of hydrogen-bond acceptors (Lipinski definition) is 4. The van der Waals surface area contributed by atoms with Crippen LogP contribution >= 0.6 is 23.2 Å². The molecule has 0 unspecified atom stereocenters. The van der Waals surface area contributed by atoms with E-state index in [0.29, 0.717) is 15.6 Å². The molecule has 0 spiro atoms.